The topological polar surface area (TPSA) is 50.2 Å². The maximum absolute atomic E-state index is 10.7. The first-order chi connectivity index (χ1) is 9.22. The molecule has 0 amide bonds. The van der Waals surface area contributed by atoms with E-state index in [9.17, 15) is 4.79 Å². The molecule has 0 bridgehead atoms. The van der Waals surface area contributed by atoms with E-state index in [1.165, 1.54) is 11.3 Å². The van der Waals surface area contributed by atoms with Crippen LogP contribution in [-0.2, 0) is 11.2 Å². The van der Waals surface area contributed by atoms with Gasteiger partial charge in [0.25, 0.3) is 0 Å². The Morgan fingerprint density at radius 2 is 2.16 bits per heavy atom. The highest BCUT2D eigenvalue weighted by atomic mass is 32.1. The summed E-state index contributed by atoms with van der Waals surface area (Å²) in [7, 11) is 0. The third-order valence-electron chi connectivity index (χ3n) is 2.51. The first-order valence-corrected chi connectivity index (χ1v) is 8.15. The van der Waals surface area contributed by atoms with Crippen LogP contribution in [0.1, 0.15) is 4.88 Å². The first-order valence-electron chi connectivity index (χ1n) is 5.51. The Morgan fingerprint density at radius 1 is 1.26 bits per heavy atom. The number of carbonyl (C=O) groups is 1. The molecule has 3 nitrogen and oxygen atoms in total. The molecule has 1 N–H and O–H groups in total. The molecule has 0 radical (unpaired) electrons. The van der Waals surface area contributed by atoms with Crippen molar-refractivity contribution in [2.75, 3.05) is 0 Å². The Labute approximate surface area is 121 Å². The van der Waals surface area contributed by atoms with Gasteiger partial charge in [-0.2, -0.15) is 11.3 Å². The molecular weight excluding hydrogens is 298 g/mol. The van der Waals surface area contributed by atoms with Crippen molar-refractivity contribution in [2.24, 2.45) is 0 Å². The molecule has 0 aliphatic heterocycles. The van der Waals surface area contributed by atoms with E-state index in [4.69, 9.17) is 5.11 Å². The van der Waals surface area contributed by atoms with Gasteiger partial charge in [-0.25, -0.2) is 4.98 Å². The van der Waals surface area contributed by atoms with E-state index in [0.29, 0.717) is 0 Å². The van der Waals surface area contributed by atoms with E-state index in [-0.39, 0.29) is 6.42 Å². The lowest BCUT2D eigenvalue weighted by atomic mass is 10.3. The van der Waals surface area contributed by atoms with Crippen molar-refractivity contribution in [3.8, 4) is 21.1 Å². The highest BCUT2D eigenvalue weighted by Gasteiger charge is 2.10. The summed E-state index contributed by atoms with van der Waals surface area (Å²) < 4.78 is 0. The average Bonchev–Trinajstić information content (AvgIpc) is 3.09. The zero-order chi connectivity index (χ0) is 13.2. The van der Waals surface area contributed by atoms with Crippen molar-refractivity contribution in [1.29, 1.82) is 0 Å². The number of rotatable bonds is 4. The average molecular weight is 307 g/mol. The Hall–Kier alpha value is -1.50. The van der Waals surface area contributed by atoms with Crippen molar-refractivity contribution >= 4 is 40.0 Å². The molecule has 96 valence electrons. The molecule has 3 rings (SSSR count). The van der Waals surface area contributed by atoms with E-state index in [2.05, 4.69) is 16.4 Å². The fraction of sp³-hybridized carbons (Fsp3) is 0.0769. The van der Waals surface area contributed by atoms with Crippen LogP contribution < -0.4 is 0 Å². The van der Waals surface area contributed by atoms with Crippen molar-refractivity contribution in [1.82, 2.24) is 4.98 Å². The fourth-order valence-electron chi connectivity index (χ4n) is 1.67. The third kappa shape index (κ3) is 2.75. The molecule has 0 unspecified atom stereocenters. The van der Waals surface area contributed by atoms with Gasteiger partial charge in [0.05, 0.1) is 17.0 Å². The zero-order valence-electron chi connectivity index (χ0n) is 9.70. The fourth-order valence-corrected chi connectivity index (χ4v) is 4.23. The van der Waals surface area contributed by atoms with E-state index >= 15 is 0 Å². The van der Waals surface area contributed by atoms with Crippen molar-refractivity contribution < 1.29 is 9.90 Å². The van der Waals surface area contributed by atoms with Crippen molar-refractivity contribution in [3.63, 3.8) is 0 Å². The smallest absolute Gasteiger partial charge is 0.308 e. The van der Waals surface area contributed by atoms with E-state index in [0.717, 1.165) is 26.0 Å². The molecule has 0 saturated heterocycles. The van der Waals surface area contributed by atoms with Crippen LogP contribution in [0.5, 0.6) is 0 Å². The Balaban J connectivity index is 1.86. The molecule has 0 atom stereocenters. The van der Waals surface area contributed by atoms with E-state index in [1.807, 2.05) is 22.9 Å². The van der Waals surface area contributed by atoms with E-state index in [1.54, 1.807) is 22.7 Å². The van der Waals surface area contributed by atoms with Gasteiger partial charge in [0.15, 0.2) is 0 Å². The second-order valence-electron chi connectivity index (χ2n) is 3.89. The van der Waals surface area contributed by atoms with E-state index < -0.39 is 5.97 Å². The summed E-state index contributed by atoms with van der Waals surface area (Å²) in [5, 5.41) is 15.9. The van der Waals surface area contributed by atoms with Crippen LogP contribution in [-0.4, -0.2) is 16.1 Å². The number of hydrogen-bond donors (Lipinski definition) is 1. The quantitative estimate of drug-likeness (QED) is 0.785. The van der Waals surface area contributed by atoms with Gasteiger partial charge in [0, 0.05) is 21.2 Å². The molecule has 0 aliphatic carbocycles. The molecule has 0 aliphatic rings. The molecule has 6 heteroatoms. The van der Waals surface area contributed by atoms with Gasteiger partial charge in [-0.15, -0.1) is 22.7 Å². The van der Waals surface area contributed by atoms with Gasteiger partial charge in [0.1, 0.15) is 5.01 Å². The number of nitrogens with zero attached hydrogens (tertiary/aromatic N) is 1. The molecule has 0 saturated carbocycles. The van der Waals surface area contributed by atoms with Crippen LogP contribution in [0, 0.1) is 0 Å². The Kier molecular flexibility index (Phi) is 3.46. The maximum atomic E-state index is 10.7. The SMILES string of the molecule is O=C(O)Cc1ccc(-c2csc(-c3ccsc3)n2)s1. The summed E-state index contributed by atoms with van der Waals surface area (Å²) in [6.45, 7) is 0. The number of aromatic nitrogens is 1. The number of aliphatic carboxylic acids is 1. The number of hydrogen-bond acceptors (Lipinski definition) is 5. The molecule has 3 aromatic heterocycles. The molecule has 0 fully saturated rings. The lowest BCUT2D eigenvalue weighted by Crippen LogP contribution is -1.96. The molecule has 19 heavy (non-hydrogen) atoms. The minimum atomic E-state index is -0.800. The largest absolute Gasteiger partial charge is 0.481 e. The number of carboxylic acid groups (broad SMARTS) is 1. The zero-order valence-corrected chi connectivity index (χ0v) is 12.1. The molecule has 3 aromatic rings. The summed E-state index contributed by atoms with van der Waals surface area (Å²) in [4.78, 5) is 17.1. The van der Waals surface area contributed by atoms with Crippen molar-refractivity contribution in [3.05, 3.63) is 39.2 Å². The van der Waals surface area contributed by atoms with Gasteiger partial charge >= 0.3 is 5.97 Å². The summed E-state index contributed by atoms with van der Waals surface area (Å²) >= 11 is 4.76. The van der Waals surface area contributed by atoms with Crippen LogP contribution in [0.4, 0.5) is 0 Å². The second kappa shape index (κ2) is 5.24. The third-order valence-corrected chi connectivity index (χ3v) is 5.19. The van der Waals surface area contributed by atoms with Crippen LogP contribution in [0.3, 0.4) is 0 Å². The minimum absolute atomic E-state index is 0.0756. The molecule has 0 spiro atoms. The summed E-state index contributed by atoms with van der Waals surface area (Å²) in [6.07, 6.45) is 0.0756. The lowest BCUT2D eigenvalue weighted by molar-refractivity contribution is -0.136. The van der Waals surface area contributed by atoms with Gasteiger partial charge < -0.3 is 5.11 Å². The predicted octanol–water partition coefficient (Wildman–Crippen LogP) is 4.23. The summed E-state index contributed by atoms with van der Waals surface area (Å²) in [5.74, 6) is -0.800. The Bertz CT molecular complexity index is 697. The first kappa shape index (κ1) is 12.5. The summed E-state index contributed by atoms with van der Waals surface area (Å²) in [6, 6.07) is 5.85. The molecular formula is C13H9NO2S3. The minimum Gasteiger partial charge on any atom is -0.481 e. The second-order valence-corrected chi connectivity index (χ2v) is 6.69. The highest BCUT2D eigenvalue weighted by Crippen LogP contribution is 2.33. The number of carboxylic acids is 1. The summed E-state index contributed by atoms with van der Waals surface area (Å²) in [5.41, 5.74) is 2.07. The van der Waals surface area contributed by atoms with Crippen LogP contribution in [0.15, 0.2) is 34.3 Å². The van der Waals surface area contributed by atoms with Crippen LogP contribution in [0.2, 0.25) is 0 Å². The predicted molar refractivity (Wildman–Crippen MR) is 80.1 cm³/mol. The Morgan fingerprint density at radius 3 is 2.89 bits per heavy atom. The molecule has 3 heterocycles. The monoisotopic (exact) mass is 307 g/mol. The van der Waals surface area contributed by atoms with Gasteiger partial charge in [-0.1, -0.05) is 0 Å². The van der Waals surface area contributed by atoms with Gasteiger partial charge in [-0.3, -0.25) is 4.79 Å². The number of thiophene rings is 2. The molecule has 0 aromatic carbocycles. The van der Waals surface area contributed by atoms with Gasteiger partial charge in [-0.05, 0) is 23.6 Å². The van der Waals surface area contributed by atoms with Crippen molar-refractivity contribution in [2.45, 2.75) is 6.42 Å². The normalized spacial score (nSPS) is 10.7. The lowest BCUT2D eigenvalue weighted by Gasteiger charge is -1.90. The highest BCUT2D eigenvalue weighted by molar-refractivity contribution is 7.17. The number of thiazole rings is 1. The standard InChI is InChI=1S/C13H9NO2S3/c15-12(16)5-9-1-2-11(19-9)10-7-18-13(14-10)8-3-4-17-6-8/h1-4,6-7H,5H2,(H,15,16). The maximum Gasteiger partial charge on any atom is 0.308 e. The van der Waals surface area contributed by atoms with Crippen LogP contribution in [0.25, 0.3) is 21.1 Å². The van der Waals surface area contributed by atoms with Crippen LogP contribution >= 0.6 is 34.0 Å². The van der Waals surface area contributed by atoms with Gasteiger partial charge in [0.2, 0.25) is 0 Å².